The van der Waals surface area contributed by atoms with Gasteiger partial charge in [-0.25, -0.2) is 4.79 Å². The Balaban J connectivity index is 2.11. The van der Waals surface area contributed by atoms with Crippen LogP contribution in [0.4, 0.5) is 4.79 Å². The molecule has 0 heterocycles. The highest BCUT2D eigenvalue weighted by molar-refractivity contribution is 5.79. The third-order valence-corrected chi connectivity index (χ3v) is 3.34. The first-order chi connectivity index (χ1) is 11.5. The number of phenolic OH excluding ortho intramolecular Hbond substituents is 1. The molecule has 0 radical (unpaired) electrons. The normalized spacial score (nSPS) is 10.1. The zero-order valence-electron chi connectivity index (χ0n) is 13.6. The highest BCUT2D eigenvalue weighted by Crippen LogP contribution is 2.15. The molecule has 0 spiro atoms. The van der Waals surface area contributed by atoms with Gasteiger partial charge in [0.1, 0.15) is 18.0 Å². The number of hydrogen-bond donors (Lipinski definition) is 1. The van der Waals surface area contributed by atoms with Crippen LogP contribution in [0, 0.1) is 6.92 Å². The van der Waals surface area contributed by atoms with Crippen LogP contribution in [0.3, 0.4) is 0 Å². The molecule has 2 rings (SSSR count). The number of rotatable bonds is 5. The molecule has 6 heteroatoms. The van der Waals surface area contributed by atoms with Gasteiger partial charge in [0.25, 0.3) is 0 Å². The lowest BCUT2D eigenvalue weighted by Crippen LogP contribution is -2.37. The van der Waals surface area contributed by atoms with E-state index in [0.717, 1.165) is 11.1 Å². The van der Waals surface area contributed by atoms with E-state index < -0.39 is 12.1 Å². The monoisotopic (exact) mass is 329 g/mol. The molecule has 0 fully saturated rings. The van der Waals surface area contributed by atoms with Crippen molar-refractivity contribution >= 4 is 12.1 Å². The van der Waals surface area contributed by atoms with Crippen molar-refractivity contribution in [2.75, 3.05) is 13.7 Å². The average Bonchev–Trinajstić information content (AvgIpc) is 2.58. The second-order valence-electron chi connectivity index (χ2n) is 5.28. The molecule has 0 saturated carbocycles. The lowest BCUT2D eigenvalue weighted by Gasteiger charge is -2.21. The minimum Gasteiger partial charge on any atom is -0.508 e. The predicted octanol–water partition coefficient (Wildman–Crippen LogP) is 2.87. The van der Waals surface area contributed by atoms with Crippen LogP contribution in [-0.4, -0.2) is 35.7 Å². The molecule has 0 bridgehead atoms. The van der Waals surface area contributed by atoms with Crippen molar-refractivity contribution in [3.63, 3.8) is 0 Å². The van der Waals surface area contributed by atoms with Crippen molar-refractivity contribution in [3.05, 3.63) is 59.7 Å². The van der Waals surface area contributed by atoms with E-state index in [4.69, 9.17) is 4.74 Å². The quantitative estimate of drug-likeness (QED) is 0.854. The van der Waals surface area contributed by atoms with Crippen LogP contribution in [-0.2, 0) is 16.1 Å². The maximum absolute atomic E-state index is 12.4. The van der Waals surface area contributed by atoms with Gasteiger partial charge < -0.3 is 14.6 Å². The Morgan fingerprint density at radius 3 is 2.25 bits per heavy atom. The van der Waals surface area contributed by atoms with Crippen LogP contribution in [0.1, 0.15) is 11.1 Å². The van der Waals surface area contributed by atoms with Gasteiger partial charge in [0.15, 0.2) is 0 Å². The van der Waals surface area contributed by atoms with Gasteiger partial charge in [-0.05, 0) is 36.8 Å². The van der Waals surface area contributed by atoms with Crippen molar-refractivity contribution in [1.29, 1.82) is 0 Å². The number of methoxy groups -OCH3 is 1. The van der Waals surface area contributed by atoms with Crippen molar-refractivity contribution < 1.29 is 24.2 Å². The summed E-state index contributed by atoms with van der Waals surface area (Å²) in [6.07, 6.45) is -0.655. The molecule has 1 N–H and O–H groups in total. The predicted molar refractivity (Wildman–Crippen MR) is 87.7 cm³/mol. The van der Waals surface area contributed by atoms with Gasteiger partial charge in [-0.15, -0.1) is 0 Å². The Morgan fingerprint density at radius 1 is 1.04 bits per heavy atom. The zero-order chi connectivity index (χ0) is 17.5. The number of benzene rings is 2. The SMILES string of the molecule is COC(=O)CN(Cc1ccc(O)cc1)C(=O)Oc1ccc(C)cc1. The molecule has 0 aromatic heterocycles. The van der Waals surface area contributed by atoms with Crippen LogP contribution in [0.25, 0.3) is 0 Å². The number of aromatic hydroxyl groups is 1. The minimum atomic E-state index is -0.655. The summed E-state index contributed by atoms with van der Waals surface area (Å²) in [7, 11) is 1.26. The number of phenols is 1. The Hall–Kier alpha value is -3.02. The number of carbonyl (C=O) groups is 2. The molecule has 0 unspecified atom stereocenters. The maximum atomic E-state index is 12.4. The Bertz CT molecular complexity index is 694. The lowest BCUT2D eigenvalue weighted by molar-refractivity contribution is -0.141. The molecule has 6 nitrogen and oxygen atoms in total. The number of esters is 1. The van der Waals surface area contributed by atoms with Crippen molar-refractivity contribution in [2.45, 2.75) is 13.5 Å². The number of aryl methyl sites for hydroxylation is 1. The van der Waals surface area contributed by atoms with E-state index in [9.17, 15) is 14.7 Å². The molecular weight excluding hydrogens is 310 g/mol. The molecule has 0 aliphatic heterocycles. The van der Waals surface area contributed by atoms with Gasteiger partial charge in [0, 0.05) is 6.54 Å². The van der Waals surface area contributed by atoms with Gasteiger partial charge in [0.2, 0.25) is 0 Å². The fourth-order valence-corrected chi connectivity index (χ4v) is 2.00. The smallest absolute Gasteiger partial charge is 0.416 e. The number of nitrogens with zero attached hydrogens (tertiary/aromatic N) is 1. The summed E-state index contributed by atoms with van der Waals surface area (Å²) >= 11 is 0. The topological polar surface area (TPSA) is 76.1 Å². The average molecular weight is 329 g/mol. The fraction of sp³-hybridized carbons (Fsp3) is 0.222. The summed E-state index contributed by atoms with van der Waals surface area (Å²) in [6, 6.07) is 13.4. The summed E-state index contributed by atoms with van der Waals surface area (Å²) in [4.78, 5) is 25.2. The van der Waals surface area contributed by atoms with Crippen molar-refractivity contribution in [3.8, 4) is 11.5 Å². The van der Waals surface area contributed by atoms with Gasteiger partial charge >= 0.3 is 12.1 Å². The van der Waals surface area contributed by atoms with E-state index in [0.29, 0.717) is 5.75 Å². The fourth-order valence-electron chi connectivity index (χ4n) is 2.00. The van der Waals surface area contributed by atoms with Crippen LogP contribution in [0.2, 0.25) is 0 Å². The standard InChI is InChI=1S/C18H19NO5/c1-13-3-9-16(10-4-13)24-18(22)19(12-17(21)23-2)11-14-5-7-15(20)8-6-14/h3-10,20H,11-12H2,1-2H3. The Morgan fingerprint density at radius 2 is 1.67 bits per heavy atom. The highest BCUT2D eigenvalue weighted by atomic mass is 16.6. The summed E-state index contributed by atoms with van der Waals surface area (Å²) in [5.74, 6) is -0.0266. The van der Waals surface area contributed by atoms with Gasteiger partial charge in [-0.3, -0.25) is 9.69 Å². The Labute approximate surface area is 140 Å². The number of amides is 1. The van der Waals surface area contributed by atoms with Crippen LogP contribution < -0.4 is 4.74 Å². The first-order valence-electron chi connectivity index (χ1n) is 7.36. The molecule has 0 saturated heterocycles. The van der Waals surface area contributed by atoms with Gasteiger partial charge in [0.05, 0.1) is 7.11 Å². The second kappa shape index (κ2) is 8.01. The molecule has 0 aliphatic carbocycles. The van der Waals surface area contributed by atoms with E-state index >= 15 is 0 Å². The Kier molecular flexibility index (Phi) is 5.78. The third-order valence-electron chi connectivity index (χ3n) is 3.34. The number of carbonyl (C=O) groups excluding carboxylic acids is 2. The number of ether oxygens (including phenoxy) is 2. The molecule has 24 heavy (non-hydrogen) atoms. The lowest BCUT2D eigenvalue weighted by atomic mass is 10.2. The second-order valence-corrected chi connectivity index (χ2v) is 5.28. The van der Waals surface area contributed by atoms with E-state index in [1.165, 1.54) is 24.1 Å². The molecule has 1 amide bonds. The minimum absolute atomic E-state index is 0.125. The summed E-state index contributed by atoms with van der Waals surface area (Å²) in [5, 5.41) is 9.32. The first kappa shape index (κ1) is 17.3. The van der Waals surface area contributed by atoms with E-state index in [-0.39, 0.29) is 18.8 Å². The van der Waals surface area contributed by atoms with Crippen molar-refractivity contribution in [1.82, 2.24) is 4.90 Å². The molecule has 2 aromatic rings. The van der Waals surface area contributed by atoms with Gasteiger partial charge in [-0.2, -0.15) is 0 Å². The first-order valence-corrected chi connectivity index (χ1v) is 7.36. The summed E-state index contributed by atoms with van der Waals surface area (Å²) < 4.78 is 9.93. The van der Waals surface area contributed by atoms with Gasteiger partial charge in [-0.1, -0.05) is 29.8 Å². The largest absolute Gasteiger partial charge is 0.508 e. The molecule has 0 atom stereocenters. The number of hydrogen-bond acceptors (Lipinski definition) is 5. The maximum Gasteiger partial charge on any atom is 0.416 e. The van der Waals surface area contributed by atoms with Crippen molar-refractivity contribution in [2.24, 2.45) is 0 Å². The summed E-state index contributed by atoms with van der Waals surface area (Å²) in [5.41, 5.74) is 1.79. The van der Waals surface area contributed by atoms with Crippen LogP contribution in [0.5, 0.6) is 11.5 Å². The molecule has 0 aliphatic rings. The van der Waals surface area contributed by atoms with E-state index in [1.807, 2.05) is 19.1 Å². The highest BCUT2D eigenvalue weighted by Gasteiger charge is 2.20. The summed E-state index contributed by atoms with van der Waals surface area (Å²) in [6.45, 7) is 1.85. The van der Waals surface area contributed by atoms with Crippen LogP contribution >= 0.6 is 0 Å². The zero-order valence-corrected chi connectivity index (χ0v) is 13.6. The van der Waals surface area contributed by atoms with E-state index in [1.54, 1.807) is 24.3 Å². The molecule has 2 aromatic carbocycles. The molecule has 126 valence electrons. The molecular formula is C18H19NO5. The third kappa shape index (κ3) is 5.01. The van der Waals surface area contributed by atoms with Crippen LogP contribution in [0.15, 0.2) is 48.5 Å². The van der Waals surface area contributed by atoms with E-state index in [2.05, 4.69) is 4.74 Å².